The highest BCUT2D eigenvalue weighted by Gasteiger charge is 2.06. The molecular formula is C9H11NO5S2. The Bertz CT molecular complexity index is 460. The molecule has 1 aromatic rings. The molecule has 8 heteroatoms. The van der Waals surface area contributed by atoms with Crippen molar-refractivity contribution in [2.24, 2.45) is 0 Å². The fraction of sp³-hybridized carbons (Fsp3) is 0.222. The van der Waals surface area contributed by atoms with Gasteiger partial charge in [-0.25, -0.2) is 0 Å². The SMILES string of the molecule is O=C(NCCSOS(=O)(=O)O)c1ccccc1. The molecule has 0 aliphatic rings. The Kier molecular flexibility index (Phi) is 5.42. The van der Waals surface area contributed by atoms with E-state index in [4.69, 9.17) is 4.55 Å². The average Bonchev–Trinajstić information content (AvgIpc) is 2.28. The maximum Gasteiger partial charge on any atom is 0.408 e. The monoisotopic (exact) mass is 277 g/mol. The predicted octanol–water partition coefficient (Wildman–Crippen LogP) is 0.884. The van der Waals surface area contributed by atoms with Crippen LogP contribution in [0.4, 0.5) is 0 Å². The number of amides is 1. The van der Waals surface area contributed by atoms with Gasteiger partial charge in [0.2, 0.25) is 0 Å². The highest BCUT2D eigenvalue weighted by atomic mass is 32.3. The molecule has 94 valence electrons. The van der Waals surface area contributed by atoms with Crippen molar-refractivity contribution in [3.8, 4) is 0 Å². The molecule has 2 N–H and O–H groups in total. The minimum Gasteiger partial charge on any atom is -0.351 e. The first-order chi connectivity index (χ1) is 7.99. The Morgan fingerprint density at radius 1 is 1.35 bits per heavy atom. The van der Waals surface area contributed by atoms with Gasteiger partial charge in [0.05, 0.1) is 0 Å². The smallest absolute Gasteiger partial charge is 0.351 e. The summed E-state index contributed by atoms with van der Waals surface area (Å²) in [5.41, 5.74) is 0.521. The van der Waals surface area contributed by atoms with Crippen LogP contribution in [0, 0.1) is 0 Å². The van der Waals surface area contributed by atoms with Gasteiger partial charge in [0.25, 0.3) is 5.91 Å². The van der Waals surface area contributed by atoms with Gasteiger partial charge in [-0.1, -0.05) is 18.2 Å². The van der Waals surface area contributed by atoms with Gasteiger partial charge in [-0.3, -0.25) is 9.35 Å². The third-order valence-electron chi connectivity index (χ3n) is 1.64. The van der Waals surface area contributed by atoms with Gasteiger partial charge in [0.15, 0.2) is 0 Å². The topological polar surface area (TPSA) is 92.7 Å². The normalized spacial score (nSPS) is 11.1. The van der Waals surface area contributed by atoms with Gasteiger partial charge < -0.3 is 5.32 Å². The number of carbonyl (C=O) groups is 1. The van der Waals surface area contributed by atoms with Gasteiger partial charge in [-0.15, -0.1) is 0 Å². The Morgan fingerprint density at radius 2 is 2.00 bits per heavy atom. The number of rotatable bonds is 6. The second-order valence-corrected chi connectivity index (χ2v) is 4.98. The molecule has 0 unspecified atom stereocenters. The minimum atomic E-state index is -4.43. The Labute approximate surface area is 104 Å². The quantitative estimate of drug-likeness (QED) is 0.455. The number of benzene rings is 1. The summed E-state index contributed by atoms with van der Waals surface area (Å²) in [5.74, 6) is -0.0451. The summed E-state index contributed by atoms with van der Waals surface area (Å²) in [6.45, 7) is 0.230. The highest BCUT2D eigenvalue weighted by Crippen LogP contribution is 2.05. The fourth-order valence-electron chi connectivity index (χ4n) is 0.993. The van der Waals surface area contributed by atoms with Crippen molar-refractivity contribution in [3.63, 3.8) is 0 Å². The molecule has 0 heterocycles. The van der Waals surface area contributed by atoms with Crippen molar-refractivity contribution in [3.05, 3.63) is 35.9 Å². The lowest BCUT2D eigenvalue weighted by Crippen LogP contribution is -2.25. The van der Waals surface area contributed by atoms with Crippen LogP contribution in [0.1, 0.15) is 10.4 Å². The molecule has 0 atom stereocenters. The van der Waals surface area contributed by atoms with Crippen molar-refractivity contribution in [1.82, 2.24) is 5.32 Å². The fourth-order valence-corrected chi connectivity index (χ4v) is 1.94. The van der Waals surface area contributed by atoms with E-state index in [1.54, 1.807) is 30.3 Å². The van der Waals surface area contributed by atoms with E-state index in [0.29, 0.717) is 17.6 Å². The molecule has 1 aromatic carbocycles. The van der Waals surface area contributed by atoms with Crippen molar-refractivity contribution < 1.29 is 21.4 Å². The standard InChI is InChI=1S/C9H11NO5S2/c11-9(8-4-2-1-3-5-8)10-6-7-16-15-17(12,13)14/h1-5H,6-7H2,(H,10,11)(H,12,13,14). The van der Waals surface area contributed by atoms with E-state index in [-0.39, 0.29) is 18.2 Å². The zero-order valence-corrected chi connectivity index (χ0v) is 10.3. The zero-order valence-electron chi connectivity index (χ0n) is 8.70. The molecule has 17 heavy (non-hydrogen) atoms. The second-order valence-electron chi connectivity index (χ2n) is 2.94. The Balaban J connectivity index is 2.22. The largest absolute Gasteiger partial charge is 0.408 e. The van der Waals surface area contributed by atoms with E-state index < -0.39 is 10.4 Å². The van der Waals surface area contributed by atoms with E-state index in [2.05, 4.69) is 8.95 Å². The van der Waals surface area contributed by atoms with Crippen molar-refractivity contribution in [1.29, 1.82) is 0 Å². The maximum atomic E-state index is 11.5. The molecule has 0 spiro atoms. The Hall–Kier alpha value is -1.09. The second kappa shape index (κ2) is 6.60. The van der Waals surface area contributed by atoms with Crippen LogP contribution in [0.3, 0.4) is 0 Å². The summed E-state index contributed by atoms with van der Waals surface area (Å²) in [4.78, 5) is 11.5. The first-order valence-corrected chi connectivity index (χ1v) is 6.88. The number of nitrogens with one attached hydrogen (secondary N) is 1. The molecule has 0 radical (unpaired) electrons. The van der Waals surface area contributed by atoms with Gasteiger partial charge in [0.1, 0.15) is 0 Å². The van der Waals surface area contributed by atoms with Crippen LogP contribution < -0.4 is 5.32 Å². The van der Waals surface area contributed by atoms with E-state index in [9.17, 15) is 13.2 Å². The first-order valence-electron chi connectivity index (χ1n) is 4.61. The van der Waals surface area contributed by atoms with E-state index in [1.165, 1.54) is 0 Å². The van der Waals surface area contributed by atoms with Crippen LogP contribution in [0.5, 0.6) is 0 Å². The third-order valence-corrected chi connectivity index (χ3v) is 3.08. The molecule has 6 nitrogen and oxygen atoms in total. The van der Waals surface area contributed by atoms with Crippen molar-refractivity contribution in [2.45, 2.75) is 0 Å². The molecule has 0 aromatic heterocycles. The summed E-state index contributed by atoms with van der Waals surface area (Å²) < 4.78 is 32.6. The van der Waals surface area contributed by atoms with E-state index >= 15 is 0 Å². The summed E-state index contributed by atoms with van der Waals surface area (Å²) in [5, 5.41) is 2.57. The first kappa shape index (κ1) is 14.0. The minimum absolute atomic E-state index is 0.207. The summed E-state index contributed by atoms with van der Waals surface area (Å²) in [6.07, 6.45) is 0. The van der Waals surface area contributed by atoms with E-state index in [1.807, 2.05) is 0 Å². The molecule has 0 saturated heterocycles. The molecule has 0 bridgehead atoms. The molecule has 1 amide bonds. The van der Waals surface area contributed by atoms with Gasteiger partial charge in [-0.2, -0.15) is 12.0 Å². The van der Waals surface area contributed by atoms with Gasteiger partial charge in [-0.05, 0) is 12.1 Å². The number of hydrogen-bond acceptors (Lipinski definition) is 5. The van der Waals surface area contributed by atoms with Crippen LogP contribution >= 0.6 is 12.0 Å². The molecule has 0 fully saturated rings. The predicted molar refractivity (Wildman–Crippen MR) is 63.9 cm³/mol. The van der Waals surface area contributed by atoms with Gasteiger partial charge >= 0.3 is 10.4 Å². The molecule has 0 aliphatic carbocycles. The van der Waals surface area contributed by atoms with Crippen LogP contribution in [0.15, 0.2) is 30.3 Å². The molecule has 0 saturated carbocycles. The Morgan fingerprint density at radius 3 is 2.59 bits per heavy atom. The van der Waals surface area contributed by atoms with Crippen LogP contribution in [-0.2, 0) is 14.0 Å². The molecular weight excluding hydrogens is 266 g/mol. The number of hydrogen-bond donors (Lipinski definition) is 2. The number of carbonyl (C=O) groups excluding carboxylic acids is 1. The van der Waals surface area contributed by atoms with Crippen molar-refractivity contribution >= 4 is 28.3 Å². The lowest BCUT2D eigenvalue weighted by Gasteiger charge is -2.03. The molecule has 1 rings (SSSR count). The zero-order chi connectivity index (χ0) is 12.7. The van der Waals surface area contributed by atoms with Crippen molar-refractivity contribution in [2.75, 3.05) is 12.3 Å². The van der Waals surface area contributed by atoms with E-state index in [0.717, 1.165) is 0 Å². The highest BCUT2D eigenvalue weighted by molar-refractivity contribution is 8.02. The summed E-state index contributed by atoms with van der Waals surface area (Å²) in [6, 6.07) is 8.61. The summed E-state index contributed by atoms with van der Waals surface area (Å²) >= 11 is 0.545. The lowest BCUT2D eigenvalue weighted by molar-refractivity contribution is 0.0956. The maximum absolute atomic E-state index is 11.5. The van der Waals surface area contributed by atoms with Gasteiger partial charge in [0, 0.05) is 29.9 Å². The van der Waals surface area contributed by atoms with Crippen LogP contribution in [0.25, 0.3) is 0 Å². The third kappa shape index (κ3) is 6.27. The van der Waals surface area contributed by atoms with Crippen LogP contribution in [-0.4, -0.2) is 31.2 Å². The molecule has 0 aliphatic heterocycles. The lowest BCUT2D eigenvalue weighted by atomic mass is 10.2. The summed E-state index contributed by atoms with van der Waals surface area (Å²) in [7, 11) is -4.43. The van der Waals surface area contributed by atoms with Crippen LogP contribution in [0.2, 0.25) is 0 Å². The average molecular weight is 277 g/mol.